The maximum atomic E-state index is 14.0. The van der Waals surface area contributed by atoms with Crippen molar-refractivity contribution >= 4 is 21.6 Å². The quantitative estimate of drug-likeness (QED) is 0.518. The van der Waals surface area contributed by atoms with Gasteiger partial charge in [0, 0.05) is 0 Å². The molecule has 3 N–H and O–H groups in total. The smallest absolute Gasteiger partial charge is 0.244 e. The van der Waals surface area contributed by atoms with E-state index in [2.05, 4.69) is 10.0 Å². The van der Waals surface area contributed by atoms with Crippen LogP contribution in [-0.2, 0) is 21.2 Å². The molecule has 0 heterocycles. The van der Waals surface area contributed by atoms with Gasteiger partial charge in [-0.05, 0) is 36.2 Å². The van der Waals surface area contributed by atoms with Gasteiger partial charge in [-0.2, -0.15) is 4.72 Å². The summed E-state index contributed by atoms with van der Waals surface area (Å²) in [7, 11) is -4.31. The molecule has 3 aromatic carbocycles. The Labute approximate surface area is 168 Å². The maximum Gasteiger partial charge on any atom is 0.244 e. The summed E-state index contributed by atoms with van der Waals surface area (Å²) in [5, 5.41) is 12.4. The highest BCUT2D eigenvalue weighted by Crippen LogP contribution is 2.22. The van der Waals surface area contributed by atoms with Crippen molar-refractivity contribution in [1.29, 1.82) is 0 Å². The number of phenolic OH excluding ortho intramolecular Hbond substituents is 1. The fraction of sp³-hybridized carbons (Fsp3) is 0.0952. The minimum Gasteiger partial charge on any atom is -0.506 e. The van der Waals surface area contributed by atoms with Crippen LogP contribution >= 0.6 is 0 Å². The first-order valence-electron chi connectivity index (χ1n) is 8.76. The van der Waals surface area contributed by atoms with Gasteiger partial charge in [-0.25, -0.2) is 12.8 Å². The van der Waals surface area contributed by atoms with Crippen LogP contribution in [0.15, 0.2) is 83.8 Å². The second-order valence-corrected chi connectivity index (χ2v) is 7.98. The lowest BCUT2D eigenvalue weighted by atomic mass is 10.1. The van der Waals surface area contributed by atoms with Gasteiger partial charge in [0.1, 0.15) is 22.5 Å². The summed E-state index contributed by atoms with van der Waals surface area (Å²) in [6, 6.07) is 18.6. The Bertz CT molecular complexity index is 1100. The van der Waals surface area contributed by atoms with E-state index in [4.69, 9.17) is 0 Å². The Kier molecular flexibility index (Phi) is 6.26. The molecule has 1 atom stereocenters. The number of halogens is 1. The van der Waals surface area contributed by atoms with E-state index in [9.17, 15) is 22.7 Å². The SMILES string of the molecule is O=C(Nc1ccccc1O)C(Cc1ccccc1)NS(=O)(=O)c1ccccc1F. The van der Waals surface area contributed by atoms with Crippen molar-refractivity contribution in [3.05, 3.63) is 90.2 Å². The molecule has 1 amide bonds. The molecule has 8 heteroatoms. The molecule has 1 unspecified atom stereocenters. The highest BCUT2D eigenvalue weighted by molar-refractivity contribution is 7.89. The van der Waals surface area contributed by atoms with Crippen LogP contribution in [0.1, 0.15) is 5.56 Å². The van der Waals surface area contributed by atoms with Gasteiger partial charge in [0.2, 0.25) is 15.9 Å². The number of hydrogen-bond acceptors (Lipinski definition) is 4. The van der Waals surface area contributed by atoms with E-state index in [1.54, 1.807) is 42.5 Å². The zero-order valence-corrected chi connectivity index (χ0v) is 16.1. The third kappa shape index (κ3) is 5.18. The number of carbonyl (C=O) groups excluding carboxylic acids is 1. The lowest BCUT2D eigenvalue weighted by molar-refractivity contribution is -0.117. The monoisotopic (exact) mass is 414 g/mol. The molecule has 0 spiro atoms. The Hall–Kier alpha value is -3.23. The molecule has 0 saturated carbocycles. The molecule has 6 nitrogen and oxygen atoms in total. The van der Waals surface area contributed by atoms with E-state index >= 15 is 0 Å². The molecule has 0 radical (unpaired) electrons. The number of sulfonamides is 1. The first kappa shape index (κ1) is 20.5. The zero-order chi connectivity index (χ0) is 20.9. The predicted molar refractivity (Wildman–Crippen MR) is 107 cm³/mol. The Balaban J connectivity index is 1.89. The number of amides is 1. The van der Waals surface area contributed by atoms with Gasteiger partial charge < -0.3 is 10.4 Å². The average molecular weight is 414 g/mol. The van der Waals surface area contributed by atoms with Crippen LogP contribution in [-0.4, -0.2) is 25.5 Å². The number of anilines is 1. The summed E-state index contributed by atoms with van der Waals surface area (Å²) in [4.78, 5) is 12.3. The van der Waals surface area contributed by atoms with E-state index in [1.165, 1.54) is 24.3 Å². The minimum absolute atomic E-state index is 0.0357. The fourth-order valence-corrected chi connectivity index (χ4v) is 4.02. The van der Waals surface area contributed by atoms with E-state index in [0.29, 0.717) is 5.56 Å². The highest BCUT2D eigenvalue weighted by atomic mass is 32.2. The third-order valence-corrected chi connectivity index (χ3v) is 5.69. The molecule has 0 saturated heterocycles. The first-order chi connectivity index (χ1) is 13.9. The molecule has 0 aliphatic rings. The van der Waals surface area contributed by atoms with E-state index in [1.807, 2.05) is 0 Å². The van der Waals surface area contributed by atoms with Gasteiger partial charge in [-0.3, -0.25) is 4.79 Å². The van der Waals surface area contributed by atoms with E-state index < -0.39 is 32.7 Å². The normalized spacial score (nSPS) is 12.3. The van der Waals surface area contributed by atoms with Crippen LogP contribution in [0.3, 0.4) is 0 Å². The number of carbonyl (C=O) groups is 1. The second kappa shape index (κ2) is 8.85. The number of rotatable bonds is 7. The topological polar surface area (TPSA) is 95.5 Å². The second-order valence-electron chi connectivity index (χ2n) is 6.30. The number of para-hydroxylation sites is 2. The lowest BCUT2D eigenvalue weighted by Gasteiger charge is -2.19. The summed E-state index contributed by atoms with van der Waals surface area (Å²) >= 11 is 0. The van der Waals surface area contributed by atoms with Gasteiger partial charge in [0.15, 0.2) is 0 Å². The van der Waals surface area contributed by atoms with Gasteiger partial charge in [-0.1, -0.05) is 54.6 Å². The highest BCUT2D eigenvalue weighted by Gasteiger charge is 2.28. The van der Waals surface area contributed by atoms with Crippen molar-refractivity contribution in [2.45, 2.75) is 17.4 Å². The van der Waals surface area contributed by atoms with Crippen LogP contribution in [0, 0.1) is 5.82 Å². The molecule has 0 aromatic heterocycles. The Morgan fingerprint density at radius 1 is 0.931 bits per heavy atom. The fourth-order valence-electron chi connectivity index (χ4n) is 2.75. The van der Waals surface area contributed by atoms with Crippen molar-refractivity contribution in [1.82, 2.24) is 4.72 Å². The van der Waals surface area contributed by atoms with Gasteiger partial charge >= 0.3 is 0 Å². The molecule has 0 aliphatic heterocycles. The summed E-state index contributed by atoms with van der Waals surface area (Å²) in [5.74, 6) is -1.76. The summed E-state index contributed by atoms with van der Waals surface area (Å²) in [6.45, 7) is 0. The third-order valence-electron chi connectivity index (χ3n) is 4.18. The minimum atomic E-state index is -4.31. The molecule has 3 rings (SSSR count). The Morgan fingerprint density at radius 3 is 2.24 bits per heavy atom. The van der Waals surface area contributed by atoms with Gasteiger partial charge in [-0.15, -0.1) is 0 Å². The van der Waals surface area contributed by atoms with Crippen molar-refractivity contribution in [3.8, 4) is 5.75 Å². The molecule has 0 aliphatic carbocycles. The van der Waals surface area contributed by atoms with Crippen molar-refractivity contribution in [2.75, 3.05) is 5.32 Å². The number of phenols is 1. The maximum absolute atomic E-state index is 14.0. The molecule has 150 valence electrons. The Morgan fingerprint density at radius 2 is 1.55 bits per heavy atom. The van der Waals surface area contributed by atoms with Gasteiger partial charge in [0.05, 0.1) is 5.69 Å². The first-order valence-corrected chi connectivity index (χ1v) is 10.2. The van der Waals surface area contributed by atoms with Crippen LogP contribution < -0.4 is 10.0 Å². The van der Waals surface area contributed by atoms with Crippen molar-refractivity contribution in [3.63, 3.8) is 0 Å². The predicted octanol–water partition coefficient (Wildman–Crippen LogP) is 3.06. The summed E-state index contributed by atoms with van der Waals surface area (Å²) in [5.41, 5.74) is 0.849. The van der Waals surface area contributed by atoms with Crippen LogP contribution in [0.5, 0.6) is 5.75 Å². The number of nitrogens with one attached hydrogen (secondary N) is 2. The summed E-state index contributed by atoms with van der Waals surface area (Å²) < 4.78 is 41.7. The van der Waals surface area contributed by atoms with Gasteiger partial charge in [0.25, 0.3) is 0 Å². The molecular weight excluding hydrogens is 395 g/mol. The van der Waals surface area contributed by atoms with Crippen molar-refractivity contribution in [2.24, 2.45) is 0 Å². The summed E-state index contributed by atoms with van der Waals surface area (Å²) in [6.07, 6.45) is 0.0357. The number of hydrogen-bond donors (Lipinski definition) is 3. The van der Waals surface area contributed by atoms with E-state index in [-0.39, 0.29) is 17.9 Å². The number of benzene rings is 3. The standard InChI is InChI=1S/C21H19FN2O4S/c22-16-10-4-7-13-20(16)29(27,28)24-18(14-15-8-2-1-3-9-15)21(26)23-17-11-5-6-12-19(17)25/h1-13,18,24-25H,14H2,(H,23,26). The molecular formula is C21H19FN2O4S. The zero-order valence-electron chi connectivity index (χ0n) is 15.2. The average Bonchev–Trinajstić information content (AvgIpc) is 2.70. The molecule has 0 bridgehead atoms. The molecule has 0 fully saturated rings. The van der Waals surface area contributed by atoms with Crippen LogP contribution in [0.25, 0.3) is 0 Å². The van der Waals surface area contributed by atoms with Crippen LogP contribution in [0.4, 0.5) is 10.1 Å². The lowest BCUT2D eigenvalue weighted by Crippen LogP contribution is -2.45. The number of aromatic hydroxyl groups is 1. The van der Waals surface area contributed by atoms with Crippen LogP contribution in [0.2, 0.25) is 0 Å². The van der Waals surface area contributed by atoms with Crippen molar-refractivity contribution < 1.29 is 22.7 Å². The molecule has 3 aromatic rings. The largest absolute Gasteiger partial charge is 0.506 e. The van der Waals surface area contributed by atoms with E-state index in [0.717, 1.165) is 12.1 Å². The molecule has 29 heavy (non-hydrogen) atoms.